The molecule has 10 aromatic carbocycles. The molecule has 0 aliphatic heterocycles. The lowest BCUT2D eigenvalue weighted by Gasteiger charge is -2.28. The second-order valence-electron chi connectivity index (χ2n) is 16.1. The molecule has 0 aliphatic carbocycles. The van der Waals surface area contributed by atoms with Gasteiger partial charge >= 0.3 is 0 Å². The first-order chi connectivity index (χ1) is 31.3. The van der Waals surface area contributed by atoms with Crippen LogP contribution in [0.15, 0.2) is 247 Å². The minimum Gasteiger partial charge on any atom is -0.456 e. The van der Waals surface area contributed by atoms with Gasteiger partial charge in [0.25, 0.3) is 0 Å². The van der Waals surface area contributed by atoms with Crippen LogP contribution in [0.2, 0.25) is 0 Å². The number of furan rings is 1. The van der Waals surface area contributed by atoms with E-state index in [-0.39, 0.29) is 0 Å². The standard InChI is InChI=1S/C60H40N2O/c1-2-16-41(17-3-1)44-18-14-19-45(40-44)49-21-5-9-26-54(49)61(47-38-34-43(35-39-47)50-25-15-31-59-60(50)53-24-8-13-30-58(53)63-59)46-36-32-42(33-37-46)48-20-4-10-27-55(48)62-56-28-11-6-22-51(56)52-23-7-12-29-57(52)62/h1-40H. The van der Waals surface area contributed by atoms with Crippen LogP contribution in [0.25, 0.3) is 93.9 Å². The lowest BCUT2D eigenvalue weighted by Crippen LogP contribution is -2.11. The Morgan fingerprint density at radius 2 is 0.825 bits per heavy atom. The molecule has 63 heavy (non-hydrogen) atoms. The summed E-state index contributed by atoms with van der Waals surface area (Å²) in [4.78, 5) is 2.39. The van der Waals surface area contributed by atoms with Crippen molar-refractivity contribution in [2.45, 2.75) is 0 Å². The second kappa shape index (κ2) is 15.3. The number of rotatable bonds is 8. The van der Waals surface area contributed by atoms with E-state index in [0.29, 0.717) is 0 Å². The van der Waals surface area contributed by atoms with Gasteiger partial charge < -0.3 is 13.9 Å². The van der Waals surface area contributed by atoms with E-state index in [4.69, 9.17) is 4.42 Å². The SMILES string of the molecule is c1ccc(-c2cccc(-c3ccccc3N(c3ccc(-c4ccccc4-n4c5ccccc5c5ccccc54)cc3)c3ccc(-c4cccc5oc6ccccc6c45)cc3)c2)cc1. The Labute approximate surface area is 366 Å². The van der Waals surface area contributed by atoms with E-state index in [2.05, 4.69) is 240 Å². The highest BCUT2D eigenvalue weighted by Crippen LogP contribution is 2.44. The average molecular weight is 805 g/mol. The highest BCUT2D eigenvalue weighted by atomic mass is 16.3. The van der Waals surface area contributed by atoms with Crippen LogP contribution in [0.5, 0.6) is 0 Å². The predicted molar refractivity (Wildman–Crippen MR) is 264 cm³/mol. The van der Waals surface area contributed by atoms with Gasteiger partial charge in [0.05, 0.1) is 22.4 Å². The summed E-state index contributed by atoms with van der Waals surface area (Å²) in [6, 6.07) is 87.1. The molecule has 296 valence electrons. The predicted octanol–water partition coefficient (Wildman–Crippen LogP) is 16.8. The van der Waals surface area contributed by atoms with Gasteiger partial charge in [-0.1, -0.05) is 176 Å². The zero-order chi connectivity index (χ0) is 41.7. The molecule has 3 heteroatoms. The van der Waals surface area contributed by atoms with Crippen molar-refractivity contribution in [1.82, 2.24) is 4.57 Å². The first-order valence-corrected chi connectivity index (χ1v) is 21.5. The summed E-state index contributed by atoms with van der Waals surface area (Å²) in [6.07, 6.45) is 0. The Hall–Kier alpha value is -8.40. The Kier molecular flexibility index (Phi) is 8.83. The van der Waals surface area contributed by atoms with E-state index < -0.39 is 0 Å². The maximum atomic E-state index is 6.28. The molecule has 2 heterocycles. The van der Waals surface area contributed by atoms with Crippen LogP contribution < -0.4 is 4.90 Å². The van der Waals surface area contributed by atoms with Crippen molar-refractivity contribution in [2.75, 3.05) is 4.90 Å². The third-order valence-corrected chi connectivity index (χ3v) is 12.4. The first-order valence-electron chi connectivity index (χ1n) is 21.5. The van der Waals surface area contributed by atoms with Gasteiger partial charge in [0.2, 0.25) is 0 Å². The van der Waals surface area contributed by atoms with Gasteiger partial charge in [-0.2, -0.15) is 0 Å². The molecule has 3 nitrogen and oxygen atoms in total. The average Bonchev–Trinajstić information content (AvgIpc) is 3.91. The van der Waals surface area contributed by atoms with E-state index in [0.717, 1.165) is 72.5 Å². The second-order valence-corrected chi connectivity index (χ2v) is 16.1. The molecule has 0 fully saturated rings. The number of nitrogens with zero attached hydrogens (tertiary/aromatic N) is 2. The molecule has 12 aromatic rings. The Morgan fingerprint density at radius 1 is 0.317 bits per heavy atom. The number of hydrogen-bond acceptors (Lipinski definition) is 2. The summed E-state index contributed by atoms with van der Waals surface area (Å²) in [5.41, 5.74) is 17.9. The fourth-order valence-electron chi connectivity index (χ4n) is 9.53. The van der Waals surface area contributed by atoms with E-state index in [1.165, 1.54) is 38.5 Å². The molecule has 0 atom stereocenters. The van der Waals surface area contributed by atoms with Crippen LogP contribution in [0.3, 0.4) is 0 Å². The fourth-order valence-corrected chi connectivity index (χ4v) is 9.53. The van der Waals surface area contributed by atoms with E-state index >= 15 is 0 Å². The van der Waals surface area contributed by atoms with Gasteiger partial charge in [0, 0.05) is 44.0 Å². The number of aromatic nitrogens is 1. The van der Waals surface area contributed by atoms with Crippen molar-refractivity contribution >= 4 is 60.8 Å². The van der Waals surface area contributed by atoms with Crippen LogP contribution in [0.4, 0.5) is 17.1 Å². The maximum Gasteiger partial charge on any atom is 0.136 e. The Bertz CT molecular complexity index is 3560. The molecule has 0 saturated carbocycles. The number of hydrogen-bond donors (Lipinski definition) is 0. The molecule has 12 rings (SSSR count). The number of fused-ring (bicyclic) bond motifs is 6. The molecule has 0 amide bonds. The quantitative estimate of drug-likeness (QED) is 0.153. The topological polar surface area (TPSA) is 21.3 Å². The summed E-state index contributed by atoms with van der Waals surface area (Å²) in [5, 5.41) is 4.77. The third kappa shape index (κ3) is 6.29. The van der Waals surface area contributed by atoms with Crippen molar-refractivity contribution < 1.29 is 4.42 Å². The van der Waals surface area contributed by atoms with E-state index in [1.54, 1.807) is 0 Å². The highest BCUT2D eigenvalue weighted by molar-refractivity contribution is 6.13. The van der Waals surface area contributed by atoms with Gasteiger partial charge in [-0.05, 0) is 100 Å². The number of benzene rings is 10. The van der Waals surface area contributed by atoms with Crippen LogP contribution >= 0.6 is 0 Å². The number of anilines is 3. The van der Waals surface area contributed by atoms with Gasteiger partial charge in [0.15, 0.2) is 0 Å². The van der Waals surface area contributed by atoms with Gasteiger partial charge in [-0.15, -0.1) is 0 Å². The molecular weight excluding hydrogens is 765 g/mol. The molecule has 0 spiro atoms. The molecule has 0 unspecified atom stereocenters. The normalized spacial score (nSPS) is 11.5. The fraction of sp³-hybridized carbons (Fsp3) is 0. The van der Waals surface area contributed by atoms with Crippen LogP contribution in [-0.2, 0) is 0 Å². The largest absolute Gasteiger partial charge is 0.456 e. The lowest BCUT2D eigenvalue weighted by molar-refractivity contribution is 0.669. The van der Waals surface area contributed by atoms with Gasteiger partial charge in [-0.3, -0.25) is 0 Å². The van der Waals surface area contributed by atoms with Gasteiger partial charge in [-0.25, -0.2) is 0 Å². The van der Waals surface area contributed by atoms with Gasteiger partial charge in [0.1, 0.15) is 11.2 Å². The van der Waals surface area contributed by atoms with Crippen LogP contribution in [-0.4, -0.2) is 4.57 Å². The summed E-state index contributed by atoms with van der Waals surface area (Å²) in [5.74, 6) is 0. The first kappa shape index (κ1) is 36.5. The summed E-state index contributed by atoms with van der Waals surface area (Å²) < 4.78 is 8.69. The molecule has 0 N–H and O–H groups in total. The molecular formula is C60H40N2O. The molecule has 0 saturated heterocycles. The van der Waals surface area contributed by atoms with Crippen molar-refractivity contribution in [2.24, 2.45) is 0 Å². The molecule has 0 bridgehead atoms. The summed E-state index contributed by atoms with van der Waals surface area (Å²) >= 11 is 0. The third-order valence-electron chi connectivity index (χ3n) is 12.4. The maximum absolute atomic E-state index is 6.28. The minimum absolute atomic E-state index is 0.894. The minimum atomic E-state index is 0.894. The van der Waals surface area contributed by atoms with Crippen LogP contribution in [0.1, 0.15) is 0 Å². The zero-order valence-corrected chi connectivity index (χ0v) is 34.4. The monoisotopic (exact) mass is 804 g/mol. The highest BCUT2D eigenvalue weighted by Gasteiger charge is 2.20. The number of para-hydroxylation sites is 5. The van der Waals surface area contributed by atoms with E-state index in [9.17, 15) is 0 Å². The summed E-state index contributed by atoms with van der Waals surface area (Å²) in [7, 11) is 0. The lowest BCUT2D eigenvalue weighted by atomic mass is 9.96. The molecule has 2 aromatic heterocycles. The van der Waals surface area contributed by atoms with Crippen molar-refractivity contribution in [3.63, 3.8) is 0 Å². The molecule has 0 aliphatic rings. The Balaban J connectivity index is 0.996. The summed E-state index contributed by atoms with van der Waals surface area (Å²) in [6.45, 7) is 0. The smallest absolute Gasteiger partial charge is 0.136 e. The van der Waals surface area contributed by atoms with Crippen molar-refractivity contribution in [3.8, 4) is 50.2 Å². The molecule has 0 radical (unpaired) electrons. The van der Waals surface area contributed by atoms with Crippen LogP contribution in [0, 0.1) is 0 Å². The van der Waals surface area contributed by atoms with Crippen molar-refractivity contribution in [1.29, 1.82) is 0 Å². The van der Waals surface area contributed by atoms with E-state index in [1.807, 2.05) is 12.1 Å². The zero-order valence-electron chi connectivity index (χ0n) is 34.4. The Morgan fingerprint density at radius 3 is 1.56 bits per heavy atom. The van der Waals surface area contributed by atoms with Crippen molar-refractivity contribution in [3.05, 3.63) is 243 Å².